The maximum Gasteiger partial charge on any atom is 0.303 e. The minimum absolute atomic E-state index is 0.0430. The molecule has 3 fully saturated rings. The zero-order chi connectivity index (χ0) is 30.1. The highest BCUT2D eigenvalue weighted by Crippen LogP contribution is 2.74. The predicted molar refractivity (Wildman–Crippen MR) is 155 cm³/mol. The summed E-state index contributed by atoms with van der Waals surface area (Å²) < 4.78 is 11.5. The molecule has 0 aromatic carbocycles. The number of ketones is 1. The van der Waals surface area contributed by atoms with Crippen molar-refractivity contribution in [2.45, 2.75) is 138 Å². The summed E-state index contributed by atoms with van der Waals surface area (Å²) in [4.78, 5) is 37.0. The van der Waals surface area contributed by atoms with Gasteiger partial charge in [0.25, 0.3) is 0 Å². The van der Waals surface area contributed by atoms with E-state index in [4.69, 9.17) is 9.47 Å². The van der Waals surface area contributed by atoms with Gasteiger partial charge in [-0.2, -0.15) is 0 Å². The van der Waals surface area contributed by atoms with Crippen molar-refractivity contribution in [3.8, 4) is 0 Å². The van der Waals surface area contributed by atoms with Crippen LogP contribution in [0.5, 0.6) is 0 Å². The van der Waals surface area contributed by atoms with E-state index >= 15 is 0 Å². The summed E-state index contributed by atoms with van der Waals surface area (Å²) in [7, 11) is 0. The van der Waals surface area contributed by atoms with Gasteiger partial charge in [0.1, 0.15) is 18.0 Å². The molecule has 4 aliphatic rings. The maximum absolute atomic E-state index is 12.9. The Balaban J connectivity index is 1.65. The van der Waals surface area contributed by atoms with E-state index in [0.29, 0.717) is 30.0 Å². The minimum Gasteiger partial charge on any atom is -0.462 e. The number of Topliss-reactive ketones (excluding diaryl/α,β-unsaturated/α-hetero) is 1. The van der Waals surface area contributed by atoms with E-state index < -0.39 is 23.8 Å². The second-order valence-electron chi connectivity index (χ2n) is 15.6. The molecule has 4 rings (SSSR count). The molecule has 0 amide bonds. The van der Waals surface area contributed by atoms with Gasteiger partial charge in [0.15, 0.2) is 0 Å². The highest BCUT2D eigenvalue weighted by atomic mass is 16.6. The van der Waals surface area contributed by atoms with Gasteiger partial charge < -0.3 is 14.6 Å². The topological polar surface area (TPSA) is 89.9 Å². The first-order valence-electron chi connectivity index (χ1n) is 15.6. The molecular weight excluding hydrogens is 504 g/mol. The maximum atomic E-state index is 12.9. The lowest BCUT2D eigenvalue weighted by Gasteiger charge is -2.65. The smallest absolute Gasteiger partial charge is 0.303 e. The summed E-state index contributed by atoms with van der Waals surface area (Å²) in [6.45, 7) is 20.0. The van der Waals surface area contributed by atoms with Crippen LogP contribution in [-0.4, -0.2) is 40.6 Å². The summed E-state index contributed by atoms with van der Waals surface area (Å²) in [6, 6.07) is 0. The molecule has 0 unspecified atom stereocenters. The van der Waals surface area contributed by atoms with Crippen LogP contribution in [0.25, 0.3) is 0 Å². The molecule has 9 atom stereocenters. The number of esters is 2. The van der Waals surface area contributed by atoms with Gasteiger partial charge in [0, 0.05) is 32.1 Å². The number of hydrogen-bond donors (Lipinski definition) is 1. The van der Waals surface area contributed by atoms with Gasteiger partial charge in [-0.3, -0.25) is 14.4 Å². The Hall–Kier alpha value is -1.69. The number of ether oxygens (including phenoxy) is 2. The van der Waals surface area contributed by atoms with Crippen molar-refractivity contribution in [1.82, 2.24) is 0 Å². The highest BCUT2D eigenvalue weighted by molar-refractivity contribution is 5.88. The molecule has 4 aliphatic carbocycles. The Morgan fingerprint density at radius 1 is 1.00 bits per heavy atom. The predicted octanol–water partition coefficient (Wildman–Crippen LogP) is 6.82. The summed E-state index contributed by atoms with van der Waals surface area (Å²) in [5.74, 6) is 0.949. The second-order valence-corrected chi connectivity index (χ2v) is 15.6. The van der Waals surface area contributed by atoms with E-state index in [1.165, 1.54) is 19.4 Å². The van der Waals surface area contributed by atoms with Gasteiger partial charge in [-0.15, -0.1) is 0 Å². The Bertz CT molecular complexity index is 1070. The van der Waals surface area contributed by atoms with Crippen LogP contribution in [0.1, 0.15) is 121 Å². The second kappa shape index (κ2) is 10.2. The summed E-state index contributed by atoms with van der Waals surface area (Å²) in [5.41, 5.74) is 0.124. The summed E-state index contributed by atoms with van der Waals surface area (Å²) in [5, 5.41) is 10.8. The van der Waals surface area contributed by atoms with Gasteiger partial charge in [-0.1, -0.05) is 39.3 Å². The Kier molecular flexibility index (Phi) is 8.00. The molecule has 6 nitrogen and oxygen atoms in total. The lowest BCUT2D eigenvalue weighted by atomic mass is 9.39. The molecule has 40 heavy (non-hydrogen) atoms. The van der Waals surface area contributed by atoms with Gasteiger partial charge in [0.2, 0.25) is 0 Å². The number of hydrogen-bond acceptors (Lipinski definition) is 6. The zero-order valence-corrected chi connectivity index (χ0v) is 26.7. The normalized spacial score (nSPS) is 39.1. The largest absolute Gasteiger partial charge is 0.462 e. The van der Waals surface area contributed by atoms with Gasteiger partial charge >= 0.3 is 11.9 Å². The van der Waals surface area contributed by atoms with E-state index in [0.717, 1.165) is 38.5 Å². The fraction of sp³-hybridized carbons (Fsp3) is 0.853. The molecule has 0 saturated heterocycles. The summed E-state index contributed by atoms with van der Waals surface area (Å²) in [6.07, 6.45) is 8.57. The first kappa shape index (κ1) is 31.3. The van der Waals surface area contributed by atoms with Crippen molar-refractivity contribution in [2.24, 2.45) is 45.3 Å². The lowest BCUT2D eigenvalue weighted by molar-refractivity contribution is -0.174. The van der Waals surface area contributed by atoms with Crippen LogP contribution in [0.3, 0.4) is 0 Å². The number of fused-ring (bicyclic) bond motifs is 5. The van der Waals surface area contributed by atoms with E-state index in [9.17, 15) is 19.5 Å². The zero-order valence-electron chi connectivity index (χ0n) is 26.7. The fourth-order valence-corrected chi connectivity index (χ4v) is 10.1. The molecule has 1 N–H and O–H groups in total. The number of aliphatic hydroxyl groups is 1. The Morgan fingerprint density at radius 3 is 2.20 bits per heavy atom. The third-order valence-corrected chi connectivity index (χ3v) is 12.8. The van der Waals surface area contributed by atoms with Crippen LogP contribution in [0.2, 0.25) is 0 Å². The van der Waals surface area contributed by atoms with Crippen molar-refractivity contribution < 1.29 is 29.0 Å². The van der Waals surface area contributed by atoms with Gasteiger partial charge in [-0.05, 0) is 106 Å². The molecule has 0 aromatic heterocycles. The minimum atomic E-state index is -1.26. The fourth-order valence-electron chi connectivity index (χ4n) is 10.1. The number of carbonyl (C=O) groups is 3. The van der Waals surface area contributed by atoms with Crippen molar-refractivity contribution in [3.63, 3.8) is 0 Å². The molecule has 0 heterocycles. The highest BCUT2D eigenvalue weighted by Gasteiger charge is 2.67. The lowest BCUT2D eigenvalue weighted by Crippen LogP contribution is -2.59. The van der Waals surface area contributed by atoms with Crippen molar-refractivity contribution in [2.75, 3.05) is 0 Å². The van der Waals surface area contributed by atoms with Crippen molar-refractivity contribution >= 4 is 17.7 Å². The van der Waals surface area contributed by atoms with E-state index in [1.807, 2.05) is 0 Å². The first-order chi connectivity index (χ1) is 18.3. The van der Waals surface area contributed by atoms with Crippen molar-refractivity contribution in [1.29, 1.82) is 0 Å². The van der Waals surface area contributed by atoms with Gasteiger partial charge in [0.05, 0.1) is 5.60 Å². The van der Waals surface area contributed by atoms with Crippen molar-refractivity contribution in [3.05, 3.63) is 11.6 Å². The van der Waals surface area contributed by atoms with E-state index in [2.05, 4.69) is 47.6 Å². The molecule has 0 radical (unpaired) electrons. The van der Waals surface area contributed by atoms with Crippen LogP contribution >= 0.6 is 0 Å². The van der Waals surface area contributed by atoms with Crippen LogP contribution < -0.4 is 0 Å². The Labute approximate surface area is 242 Å². The molecule has 0 aromatic rings. The van der Waals surface area contributed by atoms with Crippen LogP contribution in [0, 0.1) is 45.3 Å². The van der Waals surface area contributed by atoms with E-state index in [1.54, 1.807) is 13.8 Å². The molecule has 0 spiro atoms. The van der Waals surface area contributed by atoms with Crippen LogP contribution in [0.15, 0.2) is 11.6 Å². The number of carbonyl (C=O) groups excluding carboxylic acids is 3. The molecule has 6 heteroatoms. The third-order valence-electron chi connectivity index (χ3n) is 12.8. The molecule has 0 bridgehead atoms. The molecule has 226 valence electrons. The van der Waals surface area contributed by atoms with Gasteiger partial charge in [-0.25, -0.2) is 0 Å². The monoisotopic (exact) mass is 558 g/mol. The number of rotatable bonds is 7. The Morgan fingerprint density at radius 2 is 1.62 bits per heavy atom. The SMILES string of the molecule is CC(=O)O[C@H](C[C@@H](OC(C)=O)C(C)(C)O)[C@@H](C)[C@H]1CC[C@@]2(C)[C@@H]3CC=C4[C@@H](CCC(=O)C4(C)C)[C@]3(C)CC[C@]12C. The standard InChI is InChI=1S/C34H54O6/c1-20(26(39-21(2)35)19-29(31(6,7)38)40-22(3)36)23-15-16-34(10)27-13-11-24-25(12-14-28(37)30(24,4)5)32(27,8)17-18-33(23,34)9/h11,20,23,25-27,29,38H,12-19H2,1-10H3/t20-,23+,25+,26+,27+,29+,32-,33+,34-/m0/s1. The molecular formula is C34H54O6. The quantitative estimate of drug-likeness (QED) is 0.272. The number of allylic oxidation sites excluding steroid dienone is 2. The first-order valence-corrected chi connectivity index (χ1v) is 15.6. The molecule has 3 saturated carbocycles. The average molecular weight is 559 g/mol. The van der Waals surface area contributed by atoms with Crippen LogP contribution in [-0.2, 0) is 23.9 Å². The summed E-state index contributed by atoms with van der Waals surface area (Å²) >= 11 is 0. The third kappa shape index (κ3) is 4.88. The average Bonchev–Trinajstić information content (AvgIpc) is 3.10. The van der Waals surface area contributed by atoms with Crippen LogP contribution in [0.4, 0.5) is 0 Å². The van der Waals surface area contributed by atoms with E-state index in [-0.39, 0.29) is 40.0 Å². The molecule has 0 aliphatic heterocycles.